The Morgan fingerprint density at radius 2 is 2.19 bits per heavy atom. The summed E-state index contributed by atoms with van der Waals surface area (Å²) in [6.07, 6.45) is -1.24. The van der Waals surface area contributed by atoms with Gasteiger partial charge in [0.1, 0.15) is 0 Å². The van der Waals surface area contributed by atoms with E-state index in [1.54, 1.807) is 0 Å². The average molecular weight is 319 g/mol. The van der Waals surface area contributed by atoms with Gasteiger partial charge in [0.2, 0.25) is 5.89 Å². The lowest BCUT2D eigenvalue weighted by Gasteiger charge is -2.16. The van der Waals surface area contributed by atoms with E-state index in [0.717, 1.165) is 0 Å². The Morgan fingerprint density at radius 3 is 2.71 bits per heavy atom. The van der Waals surface area contributed by atoms with Crippen molar-refractivity contribution in [1.29, 1.82) is 0 Å². The molecule has 21 heavy (non-hydrogen) atoms. The third kappa shape index (κ3) is 5.21. The zero-order valence-electron chi connectivity index (χ0n) is 11.2. The molecule has 1 aromatic heterocycles. The number of hydrogen-bond donors (Lipinski definition) is 6. The van der Waals surface area contributed by atoms with Crippen molar-refractivity contribution in [1.82, 2.24) is 20.8 Å². The van der Waals surface area contributed by atoms with Gasteiger partial charge in [-0.25, -0.2) is 9.59 Å². The van der Waals surface area contributed by atoms with Crippen LogP contribution in [0.25, 0.3) is 0 Å². The van der Waals surface area contributed by atoms with Gasteiger partial charge in [0.25, 0.3) is 0 Å². The molecule has 0 aliphatic carbocycles. The second kappa shape index (κ2) is 7.81. The molecule has 11 heteroatoms. The highest BCUT2D eigenvalue weighted by atomic mass is 32.1. The molecule has 0 saturated heterocycles. The number of rotatable bonds is 7. The van der Waals surface area contributed by atoms with E-state index < -0.39 is 30.2 Å². The Bertz CT molecular complexity index is 494. The number of nitrogens with two attached hydrogens (primary N) is 1. The van der Waals surface area contributed by atoms with Crippen molar-refractivity contribution in [2.24, 2.45) is 5.73 Å². The quantitative estimate of drug-likeness (QED) is 0.335. The molecule has 1 heterocycles. The SMILES string of the molecule is CC(O)[C@H](NC(=O)NCc1nc([C@@H](N)CS)no1)C(=O)O. The topological polar surface area (TPSA) is 164 Å². The Balaban J connectivity index is 2.49. The van der Waals surface area contributed by atoms with E-state index in [1.807, 2.05) is 0 Å². The lowest BCUT2D eigenvalue weighted by atomic mass is 10.2. The van der Waals surface area contributed by atoms with Crippen LogP contribution in [0.1, 0.15) is 24.7 Å². The van der Waals surface area contributed by atoms with E-state index in [-0.39, 0.29) is 18.3 Å². The second-order valence-electron chi connectivity index (χ2n) is 4.22. The van der Waals surface area contributed by atoms with Gasteiger partial charge in [-0.1, -0.05) is 5.16 Å². The van der Waals surface area contributed by atoms with Crippen LogP contribution in [0.4, 0.5) is 4.79 Å². The molecule has 10 nitrogen and oxygen atoms in total. The molecular formula is C10H17N5O5S. The number of aliphatic carboxylic acids is 1. The number of aliphatic hydroxyl groups is 1. The maximum absolute atomic E-state index is 11.5. The van der Waals surface area contributed by atoms with Gasteiger partial charge < -0.3 is 31.1 Å². The van der Waals surface area contributed by atoms with Crippen molar-refractivity contribution in [3.05, 3.63) is 11.7 Å². The fourth-order valence-electron chi connectivity index (χ4n) is 1.31. The Labute approximate surface area is 125 Å². The number of carboxylic acid groups (broad SMARTS) is 1. The number of carboxylic acids is 1. The van der Waals surface area contributed by atoms with E-state index in [4.69, 9.17) is 15.4 Å². The van der Waals surface area contributed by atoms with Crippen molar-refractivity contribution >= 4 is 24.6 Å². The summed E-state index contributed by atoms with van der Waals surface area (Å²) in [6.45, 7) is 1.15. The number of nitrogens with one attached hydrogen (secondary N) is 2. The van der Waals surface area contributed by atoms with Crippen LogP contribution in [0.3, 0.4) is 0 Å². The first-order valence-corrected chi connectivity index (χ1v) is 6.62. The first-order chi connectivity index (χ1) is 9.85. The van der Waals surface area contributed by atoms with Gasteiger partial charge >= 0.3 is 12.0 Å². The van der Waals surface area contributed by atoms with Crippen molar-refractivity contribution in [3.63, 3.8) is 0 Å². The molecule has 0 aliphatic rings. The third-order valence-electron chi connectivity index (χ3n) is 2.45. The molecule has 0 radical (unpaired) electrons. The van der Waals surface area contributed by atoms with Gasteiger partial charge in [0.15, 0.2) is 11.9 Å². The molecule has 1 aromatic rings. The summed E-state index contributed by atoms with van der Waals surface area (Å²) < 4.78 is 4.85. The molecule has 0 spiro atoms. The van der Waals surface area contributed by atoms with Crippen molar-refractivity contribution in [2.75, 3.05) is 5.75 Å². The first kappa shape index (κ1) is 17.2. The largest absolute Gasteiger partial charge is 0.480 e. The zero-order valence-corrected chi connectivity index (χ0v) is 12.1. The summed E-state index contributed by atoms with van der Waals surface area (Å²) in [6, 6.07) is -2.69. The summed E-state index contributed by atoms with van der Waals surface area (Å²) in [7, 11) is 0. The van der Waals surface area contributed by atoms with Crippen molar-refractivity contribution < 1.29 is 24.3 Å². The predicted molar refractivity (Wildman–Crippen MR) is 73.6 cm³/mol. The van der Waals surface area contributed by atoms with Crippen molar-refractivity contribution in [2.45, 2.75) is 31.7 Å². The fourth-order valence-corrected chi connectivity index (χ4v) is 1.47. The van der Waals surface area contributed by atoms with Crippen LogP contribution in [-0.4, -0.2) is 50.3 Å². The molecule has 0 saturated carbocycles. The minimum Gasteiger partial charge on any atom is -0.480 e. The lowest BCUT2D eigenvalue weighted by molar-refractivity contribution is -0.141. The van der Waals surface area contributed by atoms with E-state index in [0.29, 0.717) is 5.75 Å². The summed E-state index contributed by atoms with van der Waals surface area (Å²) in [5.41, 5.74) is 5.64. The van der Waals surface area contributed by atoms with Gasteiger partial charge in [-0.3, -0.25) is 0 Å². The van der Waals surface area contributed by atoms with Crippen LogP contribution in [0.15, 0.2) is 4.52 Å². The molecule has 0 fully saturated rings. The highest BCUT2D eigenvalue weighted by Gasteiger charge is 2.25. The lowest BCUT2D eigenvalue weighted by Crippen LogP contribution is -2.51. The van der Waals surface area contributed by atoms with E-state index in [2.05, 4.69) is 33.4 Å². The summed E-state index contributed by atoms with van der Waals surface area (Å²) >= 11 is 3.99. The normalized spacial score (nSPS) is 15.0. The molecule has 2 amide bonds. The third-order valence-corrected chi connectivity index (χ3v) is 2.84. The van der Waals surface area contributed by atoms with Crippen LogP contribution >= 0.6 is 12.6 Å². The van der Waals surface area contributed by atoms with E-state index >= 15 is 0 Å². The fraction of sp³-hybridized carbons (Fsp3) is 0.600. The highest BCUT2D eigenvalue weighted by Crippen LogP contribution is 2.07. The Hall–Kier alpha value is -1.85. The molecule has 1 rings (SSSR count). The number of hydrogen-bond acceptors (Lipinski definition) is 8. The molecule has 0 aliphatic heterocycles. The molecule has 118 valence electrons. The minimum atomic E-state index is -1.42. The minimum absolute atomic E-state index is 0.107. The number of carbonyl (C=O) groups excluding carboxylic acids is 1. The van der Waals surface area contributed by atoms with Crippen LogP contribution < -0.4 is 16.4 Å². The molecule has 6 N–H and O–H groups in total. The molecular weight excluding hydrogens is 302 g/mol. The Morgan fingerprint density at radius 1 is 1.52 bits per heavy atom. The van der Waals surface area contributed by atoms with Crippen LogP contribution in [0.5, 0.6) is 0 Å². The molecule has 0 aromatic carbocycles. The monoisotopic (exact) mass is 319 g/mol. The average Bonchev–Trinajstić information content (AvgIpc) is 2.89. The van der Waals surface area contributed by atoms with Crippen LogP contribution in [-0.2, 0) is 11.3 Å². The molecule has 1 unspecified atom stereocenters. The van der Waals surface area contributed by atoms with Gasteiger partial charge in [-0.15, -0.1) is 0 Å². The summed E-state index contributed by atoms with van der Waals surface area (Å²) in [4.78, 5) is 26.2. The maximum atomic E-state index is 11.5. The number of nitrogens with zero attached hydrogens (tertiary/aromatic N) is 2. The van der Waals surface area contributed by atoms with Gasteiger partial charge in [-0.2, -0.15) is 17.6 Å². The molecule has 0 bridgehead atoms. The first-order valence-electron chi connectivity index (χ1n) is 5.99. The van der Waals surface area contributed by atoms with Crippen LogP contribution in [0, 0.1) is 0 Å². The second-order valence-corrected chi connectivity index (χ2v) is 4.58. The number of thiol groups is 1. The number of carbonyl (C=O) groups is 2. The number of aromatic nitrogens is 2. The van der Waals surface area contributed by atoms with Gasteiger partial charge in [0.05, 0.1) is 18.7 Å². The number of aliphatic hydroxyl groups excluding tert-OH is 1. The summed E-state index contributed by atoms with van der Waals surface area (Å²) in [5.74, 6) is -0.641. The number of amides is 2. The van der Waals surface area contributed by atoms with E-state index in [1.165, 1.54) is 6.92 Å². The highest BCUT2D eigenvalue weighted by molar-refractivity contribution is 7.80. The predicted octanol–water partition coefficient (Wildman–Crippen LogP) is -1.37. The molecule has 3 atom stereocenters. The summed E-state index contributed by atoms with van der Waals surface area (Å²) in [5, 5.41) is 26.1. The van der Waals surface area contributed by atoms with Crippen LogP contribution in [0.2, 0.25) is 0 Å². The van der Waals surface area contributed by atoms with E-state index in [9.17, 15) is 14.7 Å². The number of urea groups is 1. The Kier molecular flexibility index (Phi) is 6.39. The zero-order chi connectivity index (χ0) is 16.0. The maximum Gasteiger partial charge on any atom is 0.328 e. The van der Waals surface area contributed by atoms with Gasteiger partial charge in [-0.05, 0) is 6.92 Å². The van der Waals surface area contributed by atoms with Crippen molar-refractivity contribution in [3.8, 4) is 0 Å². The van der Waals surface area contributed by atoms with Gasteiger partial charge in [0, 0.05) is 5.75 Å². The smallest absolute Gasteiger partial charge is 0.328 e. The standard InChI is InChI=1S/C10H17N5O5S/c1-4(16)7(9(17)18)14-10(19)12-2-6-13-8(15-20-6)5(11)3-21/h4-5,7,16,21H,2-3,11H2,1H3,(H,17,18)(H2,12,14,19)/t4?,5-,7-/m0/s1.